The van der Waals surface area contributed by atoms with Crippen molar-refractivity contribution < 1.29 is 4.92 Å². The molecule has 0 aliphatic rings. The summed E-state index contributed by atoms with van der Waals surface area (Å²) in [5.74, 6) is 0. The highest BCUT2D eigenvalue weighted by Gasteiger charge is 2.05. The van der Waals surface area contributed by atoms with E-state index < -0.39 is 4.92 Å². The minimum absolute atomic E-state index is 0.0807. The first-order chi connectivity index (χ1) is 9.20. The molecule has 0 saturated heterocycles. The van der Waals surface area contributed by atoms with Crippen molar-refractivity contribution in [2.75, 3.05) is 5.32 Å². The first-order valence-corrected chi connectivity index (χ1v) is 5.96. The zero-order chi connectivity index (χ0) is 13.7. The summed E-state index contributed by atoms with van der Waals surface area (Å²) in [6.45, 7) is 1.07. The Balaban J connectivity index is 2.10. The lowest BCUT2D eigenvalue weighted by molar-refractivity contribution is -0.384. The third-order valence-corrected chi connectivity index (χ3v) is 2.88. The number of nitrogens with zero attached hydrogens (tertiary/aromatic N) is 1. The molecule has 0 saturated carbocycles. The molecule has 2 rings (SSSR count). The maximum absolute atomic E-state index is 10.7. The summed E-state index contributed by atoms with van der Waals surface area (Å²) in [7, 11) is 0. The van der Waals surface area contributed by atoms with E-state index >= 15 is 0 Å². The normalized spacial score (nSPS) is 10.2. The van der Waals surface area contributed by atoms with Crippen LogP contribution >= 0.6 is 0 Å². The van der Waals surface area contributed by atoms with Gasteiger partial charge in [-0.1, -0.05) is 30.3 Å². The van der Waals surface area contributed by atoms with Gasteiger partial charge in [0, 0.05) is 30.9 Å². The minimum Gasteiger partial charge on any atom is -0.381 e. The van der Waals surface area contributed by atoms with Crippen molar-refractivity contribution in [3.05, 3.63) is 69.8 Å². The van der Waals surface area contributed by atoms with Gasteiger partial charge in [-0.3, -0.25) is 10.1 Å². The summed E-state index contributed by atoms with van der Waals surface area (Å²) < 4.78 is 0. The van der Waals surface area contributed by atoms with Crippen molar-refractivity contribution in [2.45, 2.75) is 13.1 Å². The Bertz CT molecular complexity index is 584. The molecule has 98 valence electrons. The minimum atomic E-state index is -0.404. The van der Waals surface area contributed by atoms with Gasteiger partial charge in [0.25, 0.3) is 5.69 Å². The molecule has 0 heterocycles. The van der Waals surface area contributed by atoms with Crippen molar-refractivity contribution in [2.24, 2.45) is 5.73 Å². The van der Waals surface area contributed by atoms with Crippen LogP contribution in [0.15, 0.2) is 48.5 Å². The molecule has 2 aromatic carbocycles. The van der Waals surface area contributed by atoms with Crippen molar-refractivity contribution in [3.63, 3.8) is 0 Å². The molecule has 3 N–H and O–H groups in total. The molecule has 0 radical (unpaired) electrons. The lowest BCUT2D eigenvalue weighted by atomic mass is 10.1. The maximum atomic E-state index is 10.7. The molecule has 5 nitrogen and oxygen atoms in total. The molecule has 0 bridgehead atoms. The van der Waals surface area contributed by atoms with Crippen LogP contribution in [0.5, 0.6) is 0 Å². The zero-order valence-electron chi connectivity index (χ0n) is 10.4. The number of nitro benzene ring substituents is 1. The first kappa shape index (κ1) is 13.0. The van der Waals surface area contributed by atoms with Gasteiger partial charge in [0.2, 0.25) is 0 Å². The predicted molar refractivity (Wildman–Crippen MR) is 74.8 cm³/mol. The molecular formula is C14H15N3O2. The average molecular weight is 257 g/mol. The molecule has 0 aliphatic heterocycles. The summed E-state index contributed by atoms with van der Waals surface area (Å²) >= 11 is 0. The predicted octanol–water partition coefficient (Wildman–Crippen LogP) is 2.67. The van der Waals surface area contributed by atoms with Gasteiger partial charge in [-0.25, -0.2) is 0 Å². The van der Waals surface area contributed by atoms with Crippen LogP contribution in [0.1, 0.15) is 11.1 Å². The van der Waals surface area contributed by atoms with E-state index in [1.807, 2.05) is 24.3 Å². The van der Waals surface area contributed by atoms with E-state index in [1.165, 1.54) is 12.1 Å². The molecule has 0 fully saturated rings. The number of anilines is 1. The lowest BCUT2D eigenvalue weighted by Crippen LogP contribution is -2.06. The quantitative estimate of drug-likeness (QED) is 0.637. The van der Waals surface area contributed by atoms with E-state index in [0.717, 1.165) is 16.8 Å². The van der Waals surface area contributed by atoms with E-state index in [9.17, 15) is 10.1 Å². The standard InChI is InChI=1S/C14H15N3O2/c15-9-11-4-1-2-5-12(11)10-16-13-6-3-7-14(8-13)17(18)19/h1-8,16H,9-10,15H2. The second-order valence-electron chi connectivity index (χ2n) is 4.13. The smallest absolute Gasteiger partial charge is 0.271 e. The van der Waals surface area contributed by atoms with Crippen LogP contribution < -0.4 is 11.1 Å². The summed E-state index contributed by atoms with van der Waals surface area (Å²) in [5.41, 5.74) is 8.63. The largest absolute Gasteiger partial charge is 0.381 e. The van der Waals surface area contributed by atoms with Crippen LogP contribution in [0, 0.1) is 10.1 Å². The fraction of sp³-hybridized carbons (Fsp3) is 0.143. The van der Waals surface area contributed by atoms with E-state index in [1.54, 1.807) is 12.1 Å². The Morgan fingerprint density at radius 3 is 2.53 bits per heavy atom. The molecule has 0 unspecified atom stereocenters. The number of nitro groups is 1. The van der Waals surface area contributed by atoms with Crippen LogP contribution in [0.3, 0.4) is 0 Å². The fourth-order valence-electron chi connectivity index (χ4n) is 1.86. The van der Waals surface area contributed by atoms with E-state index in [0.29, 0.717) is 13.1 Å². The number of nitrogens with one attached hydrogen (secondary N) is 1. The van der Waals surface area contributed by atoms with Crippen LogP contribution in [0.25, 0.3) is 0 Å². The molecule has 2 aromatic rings. The Hall–Kier alpha value is -2.40. The summed E-state index contributed by atoms with van der Waals surface area (Å²) in [6.07, 6.45) is 0. The Morgan fingerprint density at radius 2 is 1.84 bits per heavy atom. The third-order valence-electron chi connectivity index (χ3n) is 2.88. The SMILES string of the molecule is NCc1ccccc1CNc1cccc([N+](=O)[O-])c1. The van der Waals surface area contributed by atoms with Gasteiger partial charge in [-0.05, 0) is 17.2 Å². The van der Waals surface area contributed by atoms with Crippen LogP contribution in [0.4, 0.5) is 11.4 Å². The van der Waals surface area contributed by atoms with Crippen molar-refractivity contribution in [1.29, 1.82) is 0 Å². The second kappa shape index (κ2) is 5.97. The maximum Gasteiger partial charge on any atom is 0.271 e. The highest BCUT2D eigenvalue weighted by atomic mass is 16.6. The van der Waals surface area contributed by atoms with Crippen LogP contribution in [-0.2, 0) is 13.1 Å². The molecule has 0 amide bonds. The number of non-ortho nitro benzene ring substituents is 1. The van der Waals surface area contributed by atoms with Gasteiger partial charge in [-0.2, -0.15) is 0 Å². The second-order valence-corrected chi connectivity index (χ2v) is 4.13. The summed E-state index contributed by atoms with van der Waals surface area (Å²) in [5, 5.41) is 13.9. The highest BCUT2D eigenvalue weighted by Crippen LogP contribution is 2.18. The van der Waals surface area contributed by atoms with Crippen LogP contribution in [0.2, 0.25) is 0 Å². The first-order valence-electron chi connectivity index (χ1n) is 5.96. The Morgan fingerprint density at radius 1 is 1.11 bits per heavy atom. The van der Waals surface area contributed by atoms with Gasteiger partial charge in [-0.15, -0.1) is 0 Å². The number of rotatable bonds is 5. The molecular weight excluding hydrogens is 242 g/mol. The fourth-order valence-corrected chi connectivity index (χ4v) is 1.86. The summed E-state index contributed by atoms with van der Waals surface area (Å²) in [4.78, 5) is 10.3. The molecule has 0 aromatic heterocycles. The van der Waals surface area contributed by atoms with E-state index in [2.05, 4.69) is 5.32 Å². The average Bonchev–Trinajstić information content (AvgIpc) is 2.45. The van der Waals surface area contributed by atoms with Gasteiger partial charge >= 0.3 is 0 Å². The number of benzene rings is 2. The molecule has 0 atom stereocenters. The topological polar surface area (TPSA) is 81.2 Å². The molecule has 0 spiro atoms. The zero-order valence-corrected chi connectivity index (χ0v) is 10.4. The molecule has 5 heteroatoms. The third kappa shape index (κ3) is 3.29. The van der Waals surface area contributed by atoms with Crippen molar-refractivity contribution >= 4 is 11.4 Å². The van der Waals surface area contributed by atoms with Gasteiger partial charge < -0.3 is 11.1 Å². The Labute approximate surface area is 111 Å². The van der Waals surface area contributed by atoms with Crippen LogP contribution in [-0.4, -0.2) is 4.92 Å². The highest BCUT2D eigenvalue weighted by molar-refractivity contribution is 5.51. The molecule has 0 aliphatic carbocycles. The monoisotopic (exact) mass is 257 g/mol. The van der Waals surface area contributed by atoms with Crippen molar-refractivity contribution in [1.82, 2.24) is 0 Å². The van der Waals surface area contributed by atoms with Gasteiger partial charge in [0.05, 0.1) is 4.92 Å². The summed E-state index contributed by atoms with van der Waals surface area (Å²) in [6, 6.07) is 14.3. The number of nitrogens with two attached hydrogens (primary N) is 1. The number of hydrogen-bond donors (Lipinski definition) is 2. The number of hydrogen-bond acceptors (Lipinski definition) is 4. The Kier molecular flexibility index (Phi) is 4.10. The van der Waals surface area contributed by atoms with Crippen molar-refractivity contribution in [3.8, 4) is 0 Å². The lowest BCUT2D eigenvalue weighted by Gasteiger charge is -2.10. The van der Waals surface area contributed by atoms with E-state index in [4.69, 9.17) is 5.73 Å². The molecule has 19 heavy (non-hydrogen) atoms. The van der Waals surface area contributed by atoms with Gasteiger partial charge in [0.15, 0.2) is 0 Å². The van der Waals surface area contributed by atoms with Gasteiger partial charge in [0.1, 0.15) is 0 Å². The van der Waals surface area contributed by atoms with E-state index in [-0.39, 0.29) is 5.69 Å².